The van der Waals surface area contributed by atoms with Crippen LogP contribution in [0.3, 0.4) is 0 Å². The number of halogens is 3. The fourth-order valence-electron chi connectivity index (χ4n) is 1.49. The molecule has 0 N–H and O–H groups in total. The molecule has 0 saturated heterocycles. The molecule has 2 aromatic carbocycles. The molecule has 3 heteroatoms. The van der Waals surface area contributed by atoms with Gasteiger partial charge in [0, 0.05) is 8.59 Å². The summed E-state index contributed by atoms with van der Waals surface area (Å²) in [6.07, 6.45) is 0.907. The molecule has 0 atom stereocenters. The zero-order valence-electron chi connectivity index (χ0n) is 8.38. The van der Waals surface area contributed by atoms with E-state index >= 15 is 0 Å². The Kier molecular flexibility index (Phi) is 4.11. The molecule has 0 aliphatic rings. The smallest absolute Gasteiger partial charge is 0.0539 e. The molecule has 2 rings (SSSR count). The lowest BCUT2D eigenvalue weighted by atomic mass is 10.1. The monoisotopic (exact) mass is 362 g/mol. The molecule has 0 spiro atoms. The molecular formula is C13H9Cl2I. The fraction of sp³-hybridized carbons (Fsp3) is 0.0769. The second kappa shape index (κ2) is 5.39. The Morgan fingerprint density at radius 2 is 1.50 bits per heavy atom. The van der Waals surface area contributed by atoms with Gasteiger partial charge >= 0.3 is 0 Å². The van der Waals surface area contributed by atoms with Gasteiger partial charge in [-0.3, -0.25) is 0 Å². The highest BCUT2D eigenvalue weighted by atomic mass is 127. The lowest BCUT2D eigenvalue weighted by Crippen LogP contribution is -1.88. The van der Waals surface area contributed by atoms with Gasteiger partial charge in [0.15, 0.2) is 0 Å². The average molecular weight is 363 g/mol. The van der Waals surface area contributed by atoms with E-state index in [1.165, 1.54) is 11.1 Å². The standard InChI is InChI=1S/C13H9Cl2I/c14-11-4-1-9(2-5-11)7-10-3-6-12(15)13(16)8-10/h1-6,8H,7H2. The van der Waals surface area contributed by atoms with Gasteiger partial charge < -0.3 is 0 Å². The lowest BCUT2D eigenvalue weighted by Gasteiger charge is -2.04. The van der Waals surface area contributed by atoms with Crippen molar-refractivity contribution in [1.29, 1.82) is 0 Å². The van der Waals surface area contributed by atoms with Crippen LogP contribution in [-0.2, 0) is 6.42 Å². The van der Waals surface area contributed by atoms with Crippen molar-refractivity contribution in [3.8, 4) is 0 Å². The van der Waals surface area contributed by atoms with Crippen LogP contribution >= 0.6 is 45.8 Å². The molecule has 0 nitrogen and oxygen atoms in total. The molecule has 0 heterocycles. The Hall–Kier alpha value is -0.250. The maximum Gasteiger partial charge on any atom is 0.0539 e. The fourth-order valence-corrected chi connectivity index (χ4v) is 2.31. The van der Waals surface area contributed by atoms with Crippen LogP contribution in [0.5, 0.6) is 0 Å². The first-order valence-electron chi connectivity index (χ1n) is 4.83. The van der Waals surface area contributed by atoms with Crippen molar-refractivity contribution in [2.75, 3.05) is 0 Å². The van der Waals surface area contributed by atoms with Crippen LogP contribution < -0.4 is 0 Å². The van der Waals surface area contributed by atoms with Gasteiger partial charge in [0.1, 0.15) is 0 Å². The summed E-state index contributed by atoms with van der Waals surface area (Å²) in [4.78, 5) is 0. The van der Waals surface area contributed by atoms with Crippen molar-refractivity contribution in [1.82, 2.24) is 0 Å². The first-order valence-corrected chi connectivity index (χ1v) is 6.67. The van der Waals surface area contributed by atoms with E-state index in [1.54, 1.807) is 0 Å². The Balaban J connectivity index is 2.20. The van der Waals surface area contributed by atoms with E-state index in [-0.39, 0.29) is 0 Å². The topological polar surface area (TPSA) is 0 Å². The molecule has 0 aliphatic heterocycles. The van der Waals surface area contributed by atoms with E-state index in [9.17, 15) is 0 Å². The highest BCUT2D eigenvalue weighted by Crippen LogP contribution is 2.21. The number of rotatable bonds is 2. The van der Waals surface area contributed by atoms with Crippen LogP contribution in [-0.4, -0.2) is 0 Å². The summed E-state index contributed by atoms with van der Waals surface area (Å²) in [6.45, 7) is 0. The van der Waals surface area contributed by atoms with Crippen molar-refractivity contribution in [2.45, 2.75) is 6.42 Å². The predicted octanol–water partition coefficient (Wildman–Crippen LogP) is 5.19. The average Bonchev–Trinajstić information content (AvgIpc) is 2.27. The number of benzene rings is 2. The Morgan fingerprint density at radius 1 is 0.875 bits per heavy atom. The first kappa shape index (κ1) is 12.2. The molecule has 0 bridgehead atoms. The van der Waals surface area contributed by atoms with Crippen LogP contribution in [0.15, 0.2) is 42.5 Å². The van der Waals surface area contributed by atoms with Crippen LogP contribution in [0.2, 0.25) is 10.0 Å². The molecule has 2 aromatic rings. The van der Waals surface area contributed by atoms with Crippen molar-refractivity contribution in [2.24, 2.45) is 0 Å². The van der Waals surface area contributed by atoms with Gasteiger partial charge in [-0.25, -0.2) is 0 Å². The van der Waals surface area contributed by atoms with Crippen molar-refractivity contribution in [3.05, 3.63) is 67.2 Å². The molecule has 0 aromatic heterocycles. The summed E-state index contributed by atoms with van der Waals surface area (Å²) in [6, 6.07) is 14.0. The highest BCUT2D eigenvalue weighted by Gasteiger charge is 2.00. The molecule has 0 saturated carbocycles. The minimum atomic E-state index is 0.773. The van der Waals surface area contributed by atoms with Crippen LogP contribution in [0, 0.1) is 3.57 Å². The summed E-state index contributed by atoms with van der Waals surface area (Å²) in [7, 11) is 0. The van der Waals surface area contributed by atoms with Crippen LogP contribution in [0.4, 0.5) is 0 Å². The van der Waals surface area contributed by atoms with E-state index in [0.29, 0.717) is 0 Å². The van der Waals surface area contributed by atoms with Crippen LogP contribution in [0.1, 0.15) is 11.1 Å². The largest absolute Gasteiger partial charge is 0.0843 e. The SMILES string of the molecule is Clc1ccc(Cc2ccc(Cl)c(I)c2)cc1. The van der Waals surface area contributed by atoms with Gasteiger partial charge in [-0.1, -0.05) is 41.4 Å². The predicted molar refractivity (Wildman–Crippen MR) is 78.4 cm³/mol. The maximum atomic E-state index is 5.98. The molecule has 0 aliphatic carbocycles. The van der Waals surface area contributed by atoms with E-state index < -0.39 is 0 Å². The Morgan fingerprint density at radius 3 is 2.12 bits per heavy atom. The lowest BCUT2D eigenvalue weighted by molar-refractivity contribution is 1.19. The van der Waals surface area contributed by atoms with E-state index in [4.69, 9.17) is 23.2 Å². The third-order valence-electron chi connectivity index (χ3n) is 2.31. The normalized spacial score (nSPS) is 10.4. The third kappa shape index (κ3) is 3.12. The van der Waals surface area contributed by atoms with Crippen molar-refractivity contribution in [3.63, 3.8) is 0 Å². The maximum absolute atomic E-state index is 5.98. The molecule has 0 fully saturated rings. The summed E-state index contributed by atoms with van der Waals surface area (Å²) in [5.41, 5.74) is 2.51. The van der Waals surface area contributed by atoms with E-state index in [2.05, 4.69) is 34.7 Å². The second-order valence-electron chi connectivity index (χ2n) is 3.55. The van der Waals surface area contributed by atoms with Crippen molar-refractivity contribution >= 4 is 45.8 Å². The molecule has 16 heavy (non-hydrogen) atoms. The summed E-state index contributed by atoms with van der Waals surface area (Å²) in [5, 5.41) is 1.58. The van der Waals surface area contributed by atoms with Crippen LogP contribution in [0.25, 0.3) is 0 Å². The highest BCUT2D eigenvalue weighted by molar-refractivity contribution is 14.1. The molecule has 0 radical (unpaired) electrons. The number of hydrogen-bond donors (Lipinski definition) is 0. The van der Waals surface area contributed by atoms with Gasteiger partial charge in [0.2, 0.25) is 0 Å². The Labute approximate surface area is 119 Å². The van der Waals surface area contributed by atoms with Gasteiger partial charge in [-0.15, -0.1) is 0 Å². The van der Waals surface area contributed by atoms with Crippen molar-refractivity contribution < 1.29 is 0 Å². The molecule has 82 valence electrons. The Bertz CT molecular complexity index is 492. The summed E-state index contributed by atoms with van der Waals surface area (Å²) in [5.74, 6) is 0. The van der Waals surface area contributed by atoms with E-state index in [0.717, 1.165) is 20.0 Å². The first-order chi connectivity index (χ1) is 7.65. The van der Waals surface area contributed by atoms with E-state index in [1.807, 2.05) is 30.3 Å². The molecular weight excluding hydrogens is 354 g/mol. The summed E-state index contributed by atoms with van der Waals surface area (Å²) >= 11 is 14.1. The molecule has 0 amide bonds. The third-order valence-corrected chi connectivity index (χ3v) is 4.10. The molecule has 0 unspecified atom stereocenters. The van der Waals surface area contributed by atoms with Gasteiger partial charge in [-0.05, 0) is 64.4 Å². The minimum absolute atomic E-state index is 0.773. The number of hydrogen-bond acceptors (Lipinski definition) is 0. The second-order valence-corrected chi connectivity index (χ2v) is 5.56. The quantitative estimate of drug-likeness (QED) is 0.645. The van der Waals surface area contributed by atoms with Gasteiger partial charge in [-0.2, -0.15) is 0 Å². The zero-order chi connectivity index (χ0) is 11.5. The minimum Gasteiger partial charge on any atom is -0.0843 e. The van der Waals surface area contributed by atoms with Gasteiger partial charge in [0.25, 0.3) is 0 Å². The van der Waals surface area contributed by atoms with Gasteiger partial charge in [0.05, 0.1) is 5.02 Å². The summed E-state index contributed by atoms with van der Waals surface area (Å²) < 4.78 is 1.09. The zero-order valence-corrected chi connectivity index (χ0v) is 12.1.